The number of hydrogen-bond donors (Lipinski definition) is 1. The quantitative estimate of drug-likeness (QED) is 0.498. The van der Waals surface area contributed by atoms with Crippen molar-refractivity contribution in [1.82, 2.24) is 5.32 Å². The van der Waals surface area contributed by atoms with Gasteiger partial charge in [0.25, 0.3) is 0 Å². The molecule has 0 bridgehead atoms. The SMILES string of the molecule is CCCNCC=CC1CCOC1. The number of hydrogen-bond acceptors (Lipinski definition) is 2. The van der Waals surface area contributed by atoms with E-state index in [9.17, 15) is 0 Å². The van der Waals surface area contributed by atoms with Crippen molar-refractivity contribution >= 4 is 0 Å². The lowest BCUT2D eigenvalue weighted by Gasteiger charge is -1.99. The van der Waals surface area contributed by atoms with Crippen molar-refractivity contribution in [1.29, 1.82) is 0 Å². The van der Waals surface area contributed by atoms with Gasteiger partial charge in [-0.05, 0) is 19.4 Å². The molecule has 1 aliphatic rings. The Morgan fingerprint density at radius 1 is 1.58 bits per heavy atom. The highest BCUT2D eigenvalue weighted by atomic mass is 16.5. The summed E-state index contributed by atoms with van der Waals surface area (Å²) in [7, 11) is 0. The second-order valence-corrected chi connectivity index (χ2v) is 3.26. The van der Waals surface area contributed by atoms with Crippen LogP contribution in [0.15, 0.2) is 12.2 Å². The van der Waals surface area contributed by atoms with Gasteiger partial charge in [-0.25, -0.2) is 0 Å². The molecule has 2 nitrogen and oxygen atoms in total. The van der Waals surface area contributed by atoms with E-state index < -0.39 is 0 Å². The summed E-state index contributed by atoms with van der Waals surface area (Å²) in [4.78, 5) is 0. The lowest BCUT2D eigenvalue weighted by atomic mass is 10.1. The molecule has 1 rings (SSSR count). The molecule has 1 saturated heterocycles. The molecule has 0 aliphatic carbocycles. The molecule has 1 heterocycles. The third-order valence-corrected chi connectivity index (χ3v) is 2.06. The Bertz CT molecular complexity index is 128. The third-order valence-electron chi connectivity index (χ3n) is 2.06. The van der Waals surface area contributed by atoms with Gasteiger partial charge >= 0.3 is 0 Å². The van der Waals surface area contributed by atoms with Crippen molar-refractivity contribution in [3.63, 3.8) is 0 Å². The maximum atomic E-state index is 5.26. The molecule has 0 radical (unpaired) electrons. The highest BCUT2D eigenvalue weighted by molar-refractivity contribution is 4.91. The molecule has 1 fully saturated rings. The summed E-state index contributed by atoms with van der Waals surface area (Å²) >= 11 is 0. The first-order valence-corrected chi connectivity index (χ1v) is 4.88. The zero-order chi connectivity index (χ0) is 8.65. The molecule has 0 spiro atoms. The normalized spacial score (nSPS) is 23.9. The smallest absolute Gasteiger partial charge is 0.0529 e. The minimum absolute atomic E-state index is 0.674. The number of nitrogens with one attached hydrogen (secondary N) is 1. The minimum Gasteiger partial charge on any atom is -0.381 e. The van der Waals surface area contributed by atoms with Crippen LogP contribution in [0.25, 0.3) is 0 Å². The van der Waals surface area contributed by atoms with Crippen LogP contribution in [0.3, 0.4) is 0 Å². The lowest BCUT2D eigenvalue weighted by Crippen LogP contribution is -2.14. The Morgan fingerprint density at radius 3 is 3.17 bits per heavy atom. The summed E-state index contributed by atoms with van der Waals surface area (Å²) < 4.78 is 5.26. The van der Waals surface area contributed by atoms with Gasteiger partial charge in [-0.2, -0.15) is 0 Å². The summed E-state index contributed by atoms with van der Waals surface area (Å²) in [5, 5.41) is 3.33. The van der Waals surface area contributed by atoms with Crippen molar-refractivity contribution < 1.29 is 4.74 Å². The topological polar surface area (TPSA) is 21.3 Å². The minimum atomic E-state index is 0.674. The summed E-state index contributed by atoms with van der Waals surface area (Å²) in [5.74, 6) is 0.674. The predicted octanol–water partition coefficient (Wildman–Crippen LogP) is 1.58. The molecule has 1 unspecified atom stereocenters. The Hall–Kier alpha value is -0.340. The third kappa shape index (κ3) is 3.88. The van der Waals surface area contributed by atoms with Crippen molar-refractivity contribution in [3.05, 3.63) is 12.2 Å². The zero-order valence-corrected chi connectivity index (χ0v) is 7.88. The van der Waals surface area contributed by atoms with Crippen LogP contribution in [0.5, 0.6) is 0 Å². The van der Waals surface area contributed by atoms with Gasteiger partial charge in [0.2, 0.25) is 0 Å². The van der Waals surface area contributed by atoms with Gasteiger partial charge < -0.3 is 10.1 Å². The average molecular weight is 169 g/mol. The monoisotopic (exact) mass is 169 g/mol. The molecule has 2 heteroatoms. The Morgan fingerprint density at radius 2 is 2.50 bits per heavy atom. The van der Waals surface area contributed by atoms with E-state index in [1.54, 1.807) is 0 Å². The first-order valence-electron chi connectivity index (χ1n) is 4.88. The summed E-state index contributed by atoms with van der Waals surface area (Å²) in [6.45, 7) is 6.17. The molecule has 0 amide bonds. The fourth-order valence-electron chi connectivity index (χ4n) is 1.33. The molecule has 0 aromatic rings. The Labute approximate surface area is 75.0 Å². The van der Waals surface area contributed by atoms with E-state index in [0.717, 1.165) is 26.3 Å². The zero-order valence-electron chi connectivity index (χ0n) is 7.88. The molecule has 70 valence electrons. The van der Waals surface area contributed by atoms with Crippen LogP contribution in [-0.2, 0) is 4.74 Å². The van der Waals surface area contributed by atoms with Gasteiger partial charge in [0, 0.05) is 19.1 Å². The van der Waals surface area contributed by atoms with Crippen molar-refractivity contribution in [2.75, 3.05) is 26.3 Å². The summed E-state index contributed by atoms with van der Waals surface area (Å²) in [6.07, 6.45) is 6.90. The van der Waals surface area contributed by atoms with Crippen LogP contribution in [0.4, 0.5) is 0 Å². The van der Waals surface area contributed by atoms with Gasteiger partial charge in [0.15, 0.2) is 0 Å². The first kappa shape index (κ1) is 9.75. The largest absolute Gasteiger partial charge is 0.381 e. The highest BCUT2D eigenvalue weighted by Crippen LogP contribution is 2.12. The summed E-state index contributed by atoms with van der Waals surface area (Å²) in [6, 6.07) is 0. The van der Waals surface area contributed by atoms with E-state index >= 15 is 0 Å². The molecule has 0 aromatic heterocycles. The van der Waals surface area contributed by atoms with Crippen LogP contribution in [0.2, 0.25) is 0 Å². The molecule has 0 saturated carbocycles. The standard InChI is InChI=1S/C10H19NO/c1-2-6-11-7-3-4-10-5-8-12-9-10/h3-4,10-11H,2,5-9H2,1H3. The maximum Gasteiger partial charge on any atom is 0.0529 e. The molecular formula is C10H19NO. The van der Waals surface area contributed by atoms with E-state index in [-0.39, 0.29) is 0 Å². The number of rotatable bonds is 5. The van der Waals surface area contributed by atoms with Crippen molar-refractivity contribution in [2.45, 2.75) is 19.8 Å². The molecular weight excluding hydrogens is 150 g/mol. The molecule has 12 heavy (non-hydrogen) atoms. The molecule has 0 aromatic carbocycles. The van der Waals surface area contributed by atoms with Crippen LogP contribution in [-0.4, -0.2) is 26.3 Å². The van der Waals surface area contributed by atoms with E-state index in [4.69, 9.17) is 4.74 Å². The van der Waals surface area contributed by atoms with E-state index in [1.165, 1.54) is 12.8 Å². The van der Waals surface area contributed by atoms with Gasteiger partial charge in [-0.1, -0.05) is 19.1 Å². The number of ether oxygens (including phenoxy) is 1. The van der Waals surface area contributed by atoms with Gasteiger partial charge in [-0.15, -0.1) is 0 Å². The van der Waals surface area contributed by atoms with E-state index in [0.29, 0.717) is 5.92 Å². The highest BCUT2D eigenvalue weighted by Gasteiger charge is 2.10. The molecule has 1 aliphatic heterocycles. The Kier molecular flexibility index (Phi) is 5.04. The van der Waals surface area contributed by atoms with Crippen molar-refractivity contribution in [3.8, 4) is 0 Å². The van der Waals surface area contributed by atoms with Crippen molar-refractivity contribution in [2.24, 2.45) is 5.92 Å². The second kappa shape index (κ2) is 6.21. The lowest BCUT2D eigenvalue weighted by molar-refractivity contribution is 0.191. The van der Waals surface area contributed by atoms with Gasteiger partial charge in [0.1, 0.15) is 0 Å². The Balaban J connectivity index is 1.97. The van der Waals surface area contributed by atoms with Crippen LogP contribution in [0.1, 0.15) is 19.8 Å². The van der Waals surface area contributed by atoms with Crippen LogP contribution in [0, 0.1) is 5.92 Å². The molecule has 1 N–H and O–H groups in total. The maximum absolute atomic E-state index is 5.26. The van der Waals surface area contributed by atoms with Gasteiger partial charge in [-0.3, -0.25) is 0 Å². The van der Waals surface area contributed by atoms with Gasteiger partial charge in [0.05, 0.1) is 6.61 Å². The second-order valence-electron chi connectivity index (χ2n) is 3.26. The van der Waals surface area contributed by atoms with E-state index in [2.05, 4.69) is 24.4 Å². The first-order chi connectivity index (χ1) is 5.93. The van der Waals surface area contributed by atoms with E-state index in [1.807, 2.05) is 0 Å². The predicted molar refractivity (Wildman–Crippen MR) is 51.2 cm³/mol. The fraction of sp³-hybridized carbons (Fsp3) is 0.800. The fourth-order valence-corrected chi connectivity index (χ4v) is 1.33. The average Bonchev–Trinajstić information content (AvgIpc) is 2.57. The van der Waals surface area contributed by atoms with Crippen LogP contribution < -0.4 is 5.32 Å². The summed E-state index contributed by atoms with van der Waals surface area (Å²) in [5.41, 5.74) is 0. The van der Waals surface area contributed by atoms with Crippen LogP contribution >= 0.6 is 0 Å². The molecule has 1 atom stereocenters.